The van der Waals surface area contributed by atoms with Gasteiger partial charge in [0.25, 0.3) is 0 Å². The quantitative estimate of drug-likeness (QED) is 0.526. The van der Waals surface area contributed by atoms with Gasteiger partial charge in [-0.2, -0.15) is 5.10 Å². The van der Waals surface area contributed by atoms with E-state index in [9.17, 15) is 4.39 Å². The summed E-state index contributed by atoms with van der Waals surface area (Å²) in [5.41, 5.74) is 5.54. The minimum absolute atomic E-state index is 0.263. The van der Waals surface area contributed by atoms with Crippen molar-refractivity contribution in [2.75, 3.05) is 5.43 Å². The van der Waals surface area contributed by atoms with Gasteiger partial charge in [-0.25, -0.2) is 9.37 Å². The van der Waals surface area contributed by atoms with Gasteiger partial charge in [-0.3, -0.25) is 5.43 Å². The average Bonchev–Trinajstić information content (AvgIpc) is 2.99. The third-order valence-electron chi connectivity index (χ3n) is 3.15. The van der Waals surface area contributed by atoms with Crippen molar-refractivity contribution in [2.45, 2.75) is 13.5 Å². The molecule has 1 heterocycles. The van der Waals surface area contributed by atoms with Crippen LogP contribution in [-0.4, -0.2) is 11.2 Å². The maximum Gasteiger partial charge on any atom is 0.203 e. The Morgan fingerprint density at radius 2 is 2.12 bits per heavy atom. The van der Waals surface area contributed by atoms with Crippen molar-refractivity contribution >= 4 is 22.7 Å². The van der Waals surface area contributed by atoms with Crippen molar-refractivity contribution in [1.29, 1.82) is 0 Å². The Balaban J connectivity index is 1.59. The number of aryl methyl sites for hydroxylation is 1. The van der Waals surface area contributed by atoms with Crippen LogP contribution in [0.4, 0.5) is 9.52 Å². The Labute approximate surface area is 143 Å². The zero-order chi connectivity index (χ0) is 16.8. The summed E-state index contributed by atoms with van der Waals surface area (Å²) in [6.07, 6.45) is 1.70. The summed E-state index contributed by atoms with van der Waals surface area (Å²) in [6, 6.07) is 13.9. The number of aromatic nitrogens is 1. The van der Waals surface area contributed by atoms with Crippen molar-refractivity contribution in [3.63, 3.8) is 0 Å². The fraction of sp³-hybridized carbons (Fsp3) is 0.111. The molecule has 0 aliphatic carbocycles. The molecule has 1 N–H and O–H groups in total. The van der Waals surface area contributed by atoms with E-state index in [0.29, 0.717) is 12.4 Å². The molecule has 0 fully saturated rings. The number of hydrogen-bond acceptors (Lipinski definition) is 5. The largest absolute Gasteiger partial charge is 0.489 e. The lowest BCUT2D eigenvalue weighted by molar-refractivity contribution is 0.305. The molecule has 4 nitrogen and oxygen atoms in total. The van der Waals surface area contributed by atoms with Crippen LogP contribution in [0.5, 0.6) is 5.75 Å². The number of hydrogen-bond donors (Lipinski definition) is 1. The monoisotopic (exact) mass is 341 g/mol. The average molecular weight is 341 g/mol. The summed E-state index contributed by atoms with van der Waals surface area (Å²) in [5, 5.41) is 6.87. The summed E-state index contributed by atoms with van der Waals surface area (Å²) in [5.74, 6) is 0.439. The number of ether oxygens (including phenoxy) is 1. The van der Waals surface area contributed by atoms with E-state index in [0.717, 1.165) is 22.0 Å². The number of rotatable bonds is 6. The number of halogens is 1. The van der Waals surface area contributed by atoms with Gasteiger partial charge in [0.05, 0.1) is 11.9 Å². The molecule has 0 unspecified atom stereocenters. The van der Waals surface area contributed by atoms with Crippen molar-refractivity contribution in [2.24, 2.45) is 5.10 Å². The number of hydrazone groups is 1. The Morgan fingerprint density at radius 3 is 2.92 bits per heavy atom. The fourth-order valence-electron chi connectivity index (χ4n) is 2.05. The van der Waals surface area contributed by atoms with Gasteiger partial charge < -0.3 is 4.74 Å². The van der Waals surface area contributed by atoms with Gasteiger partial charge >= 0.3 is 0 Å². The molecule has 1 aromatic heterocycles. The molecular formula is C18H16FN3OS. The molecule has 122 valence electrons. The minimum atomic E-state index is -0.263. The van der Waals surface area contributed by atoms with Crippen LogP contribution in [0.3, 0.4) is 0 Å². The lowest BCUT2D eigenvalue weighted by atomic mass is 10.2. The zero-order valence-electron chi connectivity index (χ0n) is 13.1. The summed E-state index contributed by atoms with van der Waals surface area (Å²) < 4.78 is 18.9. The molecule has 0 spiro atoms. The van der Waals surface area contributed by atoms with E-state index in [2.05, 4.69) is 15.5 Å². The lowest BCUT2D eigenvalue weighted by Gasteiger charge is -2.07. The highest BCUT2D eigenvalue weighted by Crippen LogP contribution is 2.16. The third-order valence-corrected chi connectivity index (χ3v) is 4.01. The van der Waals surface area contributed by atoms with Crippen LogP contribution in [-0.2, 0) is 6.61 Å². The van der Waals surface area contributed by atoms with Crippen LogP contribution in [0.2, 0.25) is 0 Å². The van der Waals surface area contributed by atoms with Gasteiger partial charge in [0.1, 0.15) is 18.2 Å². The van der Waals surface area contributed by atoms with Gasteiger partial charge in [-0.05, 0) is 42.3 Å². The first-order valence-electron chi connectivity index (χ1n) is 7.37. The van der Waals surface area contributed by atoms with Gasteiger partial charge in [0, 0.05) is 5.38 Å². The third kappa shape index (κ3) is 4.63. The molecule has 6 heteroatoms. The van der Waals surface area contributed by atoms with Crippen molar-refractivity contribution < 1.29 is 9.13 Å². The number of nitrogens with zero attached hydrogens (tertiary/aromatic N) is 2. The summed E-state index contributed by atoms with van der Waals surface area (Å²) in [6.45, 7) is 2.25. The van der Waals surface area contributed by atoms with Crippen molar-refractivity contribution in [3.05, 3.63) is 76.5 Å². The van der Waals surface area contributed by atoms with Crippen molar-refractivity contribution in [1.82, 2.24) is 4.98 Å². The zero-order valence-corrected chi connectivity index (χ0v) is 13.9. The molecule has 0 aliphatic heterocycles. The molecule has 3 rings (SSSR count). The molecule has 2 aromatic carbocycles. The fourth-order valence-corrected chi connectivity index (χ4v) is 2.68. The second kappa shape index (κ2) is 7.70. The smallest absolute Gasteiger partial charge is 0.203 e. The first-order chi connectivity index (χ1) is 11.7. The molecule has 0 aliphatic rings. The molecule has 0 atom stereocenters. The Bertz CT molecular complexity index is 848. The number of benzene rings is 2. The second-order valence-electron chi connectivity index (χ2n) is 5.16. The van der Waals surface area contributed by atoms with E-state index in [4.69, 9.17) is 4.74 Å². The molecule has 0 saturated heterocycles. The predicted octanol–water partition coefficient (Wildman–Crippen LogP) is 4.62. The van der Waals surface area contributed by atoms with Crippen LogP contribution in [0, 0.1) is 12.7 Å². The standard InChI is InChI=1S/C18H16FN3OS/c1-13-12-24-18(21-13)22-20-10-14-4-3-7-17(9-14)23-11-15-5-2-6-16(19)8-15/h2-10,12H,11H2,1H3,(H,21,22). The van der Waals surface area contributed by atoms with Crippen LogP contribution in [0.15, 0.2) is 59.0 Å². The van der Waals surface area contributed by atoms with Gasteiger partial charge in [-0.1, -0.05) is 24.3 Å². The molecule has 0 saturated carbocycles. The first-order valence-corrected chi connectivity index (χ1v) is 8.25. The summed E-state index contributed by atoms with van der Waals surface area (Å²) >= 11 is 1.50. The van der Waals surface area contributed by atoms with Gasteiger partial charge in [0.2, 0.25) is 5.13 Å². The molecule has 24 heavy (non-hydrogen) atoms. The normalized spacial score (nSPS) is 10.9. The Kier molecular flexibility index (Phi) is 5.18. The summed E-state index contributed by atoms with van der Waals surface area (Å²) in [7, 11) is 0. The Hall–Kier alpha value is -2.73. The number of anilines is 1. The lowest BCUT2D eigenvalue weighted by Crippen LogP contribution is -1.96. The first kappa shape index (κ1) is 16.1. The van der Waals surface area contributed by atoms with Crippen molar-refractivity contribution in [3.8, 4) is 5.75 Å². The van der Waals surface area contributed by atoms with Crippen LogP contribution in [0.25, 0.3) is 0 Å². The molecule has 3 aromatic rings. The maximum absolute atomic E-state index is 13.2. The minimum Gasteiger partial charge on any atom is -0.489 e. The summed E-state index contributed by atoms with van der Waals surface area (Å²) in [4.78, 5) is 4.27. The SMILES string of the molecule is Cc1csc(NN=Cc2cccc(OCc3cccc(F)c3)c2)n1. The van der Waals surface area contributed by atoms with E-state index < -0.39 is 0 Å². The second-order valence-corrected chi connectivity index (χ2v) is 6.01. The van der Waals surface area contributed by atoms with E-state index in [1.54, 1.807) is 12.3 Å². The van der Waals surface area contributed by atoms with E-state index in [-0.39, 0.29) is 5.82 Å². The number of nitrogens with one attached hydrogen (secondary N) is 1. The molecular weight excluding hydrogens is 325 g/mol. The van der Waals surface area contributed by atoms with Gasteiger partial charge in [-0.15, -0.1) is 11.3 Å². The van der Waals surface area contributed by atoms with E-state index in [1.807, 2.05) is 42.6 Å². The van der Waals surface area contributed by atoms with Crippen LogP contribution >= 0.6 is 11.3 Å². The predicted molar refractivity (Wildman–Crippen MR) is 95.2 cm³/mol. The van der Waals surface area contributed by atoms with Crippen LogP contribution in [0.1, 0.15) is 16.8 Å². The maximum atomic E-state index is 13.2. The van der Waals surface area contributed by atoms with Crippen LogP contribution < -0.4 is 10.2 Å². The van der Waals surface area contributed by atoms with E-state index in [1.165, 1.54) is 23.5 Å². The van der Waals surface area contributed by atoms with Gasteiger partial charge in [0.15, 0.2) is 0 Å². The molecule has 0 radical (unpaired) electrons. The van der Waals surface area contributed by atoms with E-state index >= 15 is 0 Å². The highest BCUT2D eigenvalue weighted by atomic mass is 32.1. The molecule has 0 bridgehead atoms. The Morgan fingerprint density at radius 1 is 1.25 bits per heavy atom. The number of thiazole rings is 1. The molecule has 0 amide bonds. The highest BCUT2D eigenvalue weighted by Gasteiger charge is 1.99. The topological polar surface area (TPSA) is 46.5 Å². The highest BCUT2D eigenvalue weighted by molar-refractivity contribution is 7.13.